The number of fused-ring (bicyclic) bond motifs is 1. The summed E-state index contributed by atoms with van der Waals surface area (Å²) in [5, 5.41) is 5.20. The van der Waals surface area contributed by atoms with Gasteiger partial charge in [-0.1, -0.05) is 66.7 Å². The minimum absolute atomic E-state index is 0.0508. The van der Waals surface area contributed by atoms with Gasteiger partial charge in [-0.25, -0.2) is 0 Å². The number of nitrogens with zero attached hydrogens (tertiary/aromatic N) is 2. The summed E-state index contributed by atoms with van der Waals surface area (Å²) < 4.78 is 0. The number of hydrogen-bond acceptors (Lipinski definition) is 3. The van der Waals surface area contributed by atoms with E-state index in [1.165, 1.54) is 5.56 Å². The van der Waals surface area contributed by atoms with Crippen molar-refractivity contribution in [2.75, 3.05) is 33.7 Å². The fourth-order valence-electron chi connectivity index (χ4n) is 4.54. The number of piperidine rings is 1. The molecule has 1 saturated heterocycles. The quantitative estimate of drug-likeness (QED) is 0.642. The predicted molar refractivity (Wildman–Crippen MR) is 128 cm³/mol. The summed E-state index contributed by atoms with van der Waals surface area (Å²) in [5.74, 6) is 0.0904. The van der Waals surface area contributed by atoms with Crippen LogP contribution in [-0.2, 0) is 4.79 Å². The van der Waals surface area contributed by atoms with Crippen LogP contribution in [0.4, 0.5) is 0 Å². The highest BCUT2D eigenvalue weighted by Gasteiger charge is 2.29. The van der Waals surface area contributed by atoms with Crippen LogP contribution in [0.5, 0.6) is 0 Å². The summed E-state index contributed by atoms with van der Waals surface area (Å²) in [7, 11) is 4.06. The van der Waals surface area contributed by atoms with Crippen LogP contribution in [0.3, 0.4) is 0 Å². The molecule has 5 heteroatoms. The fourth-order valence-corrected chi connectivity index (χ4v) is 4.54. The molecule has 0 aliphatic carbocycles. The van der Waals surface area contributed by atoms with E-state index < -0.39 is 0 Å². The Bertz CT molecular complexity index is 1070. The highest BCUT2D eigenvalue weighted by atomic mass is 16.2. The first-order valence-electron chi connectivity index (χ1n) is 11.3. The molecule has 5 nitrogen and oxygen atoms in total. The smallest absolute Gasteiger partial charge is 0.254 e. The van der Waals surface area contributed by atoms with Gasteiger partial charge in [-0.05, 0) is 49.3 Å². The van der Waals surface area contributed by atoms with Crippen LogP contribution in [0.2, 0.25) is 0 Å². The second-order valence-electron chi connectivity index (χ2n) is 8.73. The molecular formula is C27H31N3O2. The lowest BCUT2D eigenvalue weighted by molar-refractivity contribution is -0.126. The maximum Gasteiger partial charge on any atom is 0.254 e. The highest BCUT2D eigenvalue weighted by molar-refractivity contribution is 6.07. The van der Waals surface area contributed by atoms with Crippen molar-refractivity contribution in [1.29, 1.82) is 0 Å². The Morgan fingerprint density at radius 1 is 0.938 bits per heavy atom. The van der Waals surface area contributed by atoms with E-state index in [4.69, 9.17) is 0 Å². The number of benzene rings is 3. The van der Waals surface area contributed by atoms with E-state index >= 15 is 0 Å². The molecule has 32 heavy (non-hydrogen) atoms. The molecule has 1 aliphatic heterocycles. The second-order valence-corrected chi connectivity index (χ2v) is 8.73. The molecule has 0 unspecified atom stereocenters. The predicted octanol–water partition coefficient (Wildman–Crippen LogP) is 4.11. The van der Waals surface area contributed by atoms with Crippen molar-refractivity contribution >= 4 is 22.6 Å². The fraction of sp³-hybridized carbons (Fsp3) is 0.333. The zero-order chi connectivity index (χ0) is 22.5. The monoisotopic (exact) mass is 429 g/mol. The zero-order valence-corrected chi connectivity index (χ0v) is 18.8. The molecule has 0 aromatic heterocycles. The normalized spacial score (nSPS) is 15.7. The summed E-state index contributed by atoms with van der Waals surface area (Å²) in [6.07, 6.45) is 1.39. The van der Waals surface area contributed by atoms with Gasteiger partial charge in [0, 0.05) is 31.1 Å². The summed E-state index contributed by atoms with van der Waals surface area (Å²) in [6, 6.07) is 24.2. The average Bonchev–Trinajstić information content (AvgIpc) is 2.84. The molecule has 3 aromatic rings. The molecule has 2 amide bonds. The minimum Gasteiger partial charge on any atom is -0.354 e. The Morgan fingerprint density at radius 3 is 2.31 bits per heavy atom. The first kappa shape index (κ1) is 22.0. The minimum atomic E-state index is -0.0508. The molecule has 1 N–H and O–H groups in total. The van der Waals surface area contributed by atoms with Crippen molar-refractivity contribution in [3.8, 4) is 0 Å². The molecule has 0 radical (unpaired) electrons. The number of rotatable bonds is 6. The molecule has 0 spiro atoms. The van der Waals surface area contributed by atoms with Crippen molar-refractivity contribution in [3.63, 3.8) is 0 Å². The standard InChI is InChI=1S/C27H31N3O2/c1-29(2)25(21-10-4-3-5-11-21)19-28-26(31)22-15-17-30(18-16-22)27(32)24-14-8-12-20-9-6-7-13-23(20)24/h3-14,22,25H,15-19H2,1-2H3,(H,28,31)/t25-/m1/s1. The number of nitrogens with one attached hydrogen (secondary N) is 1. The van der Waals surface area contributed by atoms with Gasteiger partial charge in [0.1, 0.15) is 0 Å². The van der Waals surface area contributed by atoms with E-state index in [0.29, 0.717) is 32.5 Å². The first-order chi connectivity index (χ1) is 15.5. The topological polar surface area (TPSA) is 52.7 Å². The van der Waals surface area contributed by atoms with Gasteiger partial charge in [-0.2, -0.15) is 0 Å². The summed E-state index contributed by atoms with van der Waals surface area (Å²) in [6.45, 7) is 1.79. The summed E-state index contributed by atoms with van der Waals surface area (Å²) >= 11 is 0. The third kappa shape index (κ3) is 4.83. The van der Waals surface area contributed by atoms with Gasteiger partial charge >= 0.3 is 0 Å². The SMILES string of the molecule is CN(C)[C@H](CNC(=O)C1CCN(C(=O)c2cccc3ccccc23)CC1)c1ccccc1. The van der Waals surface area contributed by atoms with Crippen LogP contribution in [0.1, 0.15) is 34.8 Å². The van der Waals surface area contributed by atoms with Crippen molar-refractivity contribution in [2.24, 2.45) is 5.92 Å². The van der Waals surface area contributed by atoms with Crippen LogP contribution >= 0.6 is 0 Å². The van der Waals surface area contributed by atoms with Crippen molar-refractivity contribution in [1.82, 2.24) is 15.1 Å². The van der Waals surface area contributed by atoms with Crippen LogP contribution in [-0.4, -0.2) is 55.3 Å². The van der Waals surface area contributed by atoms with E-state index in [2.05, 4.69) is 22.3 Å². The average molecular weight is 430 g/mol. The molecule has 0 saturated carbocycles. The number of hydrogen-bond donors (Lipinski definition) is 1. The number of amides is 2. The lowest BCUT2D eigenvalue weighted by Gasteiger charge is -2.32. The molecule has 1 aliphatic rings. The maximum absolute atomic E-state index is 13.2. The van der Waals surface area contributed by atoms with E-state index in [1.54, 1.807) is 0 Å². The van der Waals surface area contributed by atoms with Crippen LogP contribution in [0, 0.1) is 5.92 Å². The van der Waals surface area contributed by atoms with Crippen LogP contribution in [0.15, 0.2) is 72.8 Å². The lowest BCUT2D eigenvalue weighted by Crippen LogP contribution is -2.44. The van der Waals surface area contributed by atoms with Gasteiger partial charge in [0.15, 0.2) is 0 Å². The molecule has 1 fully saturated rings. The maximum atomic E-state index is 13.2. The van der Waals surface area contributed by atoms with Gasteiger partial charge in [-0.3, -0.25) is 9.59 Å². The number of carbonyl (C=O) groups is 2. The summed E-state index contributed by atoms with van der Waals surface area (Å²) in [5.41, 5.74) is 1.93. The van der Waals surface area contributed by atoms with Crippen molar-refractivity contribution in [3.05, 3.63) is 83.9 Å². The first-order valence-corrected chi connectivity index (χ1v) is 11.3. The molecule has 166 valence electrons. The Hall–Kier alpha value is -3.18. The summed E-state index contributed by atoms with van der Waals surface area (Å²) in [4.78, 5) is 30.0. The van der Waals surface area contributed by atoms with Gasteiger partial charge in [0.05, 0.1) is 6.04 Å². The number of likely N-dealkylation sites (tertiary alicyclic amines) is 1. The van der Waals surface area contributed by atoms with Gasteiger partial charge in [0.25, 0.3) is 5.91 Å². The molecular weight excluding hydrogens is 398 g/mol. The molecule has 1 heterocycles. The molecule has 1 atom stereocenters. The van der Waals surface area contributed by atoms with Gasteiger partial charge in [-0.15, -0.1) is 0 Å². The lowest BCUT2D eigenvalue weighted by atomic mass is 9.94. The van der Waals surface area contributed by atoms with Crippen LogP contribution in [0.25, 0.3) is 10.8 Å². The van der Waals surface area contributed by atoms with Crippen molar-refractivity contribution in [2.45, 2.75) is 18.9 Å². The molecule has 0 bridgehead atoms. The van der Waals surface area contributed by atoms with Gasteiger partial charge in [0.2, 0.25) is 5.91 Å². The highest BCUT2D eigenvalue weighted by Crippen LogP contribution is 2.24. The van der Waals surface area contributed by atoms with E-state index in [9.17, 15) is 9.59 Å². The Kier molecular flexibility index (Phi) is 6.86. The third-order valence-corrected chi connectivity index (χ3v) is 6.45. The van der Waals surface area contributed by atoms with Crippen LogP contribution < -0.4 is 5.32 Å². The molecule has 4 rings (SSSR count). The molecule has 3 aromatic carbocycles. The second kappa shape index (κ2) is 9.96. The van der Waals surface area contributed by atoms with Gasteiger partial charge < -0.3 is 15.1 Å². The Morgan fingerprint density at radius 2 is 1.59 bits per heavy atom. The third-order valence-electron chi connectivity index (χ3n) is 6.45. The number of carbonyl (C=O) groups excluding carboxylic acids is 2. The van der Waals surface area contributed by atoms with E-state index in [1.807, 2.05) is 79.7 Å². The number of likely N-dealkylation sites (N-methyl/N-ethyl adjacent to an activating group) is 1. The Balaban J connectivity index is 1.34. The zero-order valence-electron chi connectivity index (χ0n) is 18.8. The largest absolute Gasteiger partial charge is 0.354 e. The Labute approximate surface area is 190 Å². The van der Waals surface area contributed by atoms with Crippen molar-refractivity contribution < 1.29 is 9.59 Å². The van der Waals surface area contributed by atoms with E-state index in [0.717, 1.165) is 16.3 Å². The van der Waals surface area contributed by atoms with E-state index in [-0.39, 0.29) is 23.8 Å².